The zero-order valence-corrected chi connectivity index (χ0v) is 17.3. The topological polar surface area (TPSA) is 63.7 Å². The molecule has 4 atom stereocenters. The Morgan fingerprint density at radius 1 is 0.967 bits per heavy atom. The van der Waals surface area contributed by atoms with Gasteiger partial charge >= 0.3 is 0 Å². The summed E-state index contributed by atoms with van der Waals surface area (Å²) in [4.78, 5) is 39.9. The third-order valence-corrected chi connectivity index (χ3v) is 7.20. The van der Waals surface area contributed by atoms with Crippen molar-refractivity contribution in [3.63, 3.8) is 0 Å². The number of anilines is 1. The molecule has 0 unspecified atom stereocenters. The van der Waals surface area contributed by atoms with Crippen LogP contribution in [0, 0.1) is 37.5 Å². The molecular weight excluding hydrogens is 378 g/mol. The Kier molecular flexibility index (Phi) is 4.49. The first-order valence-electron chi connectivity index (χ1n) is 10.6. The SMILES string of the molecule is Cc1ccc(C(=O)COc2cccc(N3C(=O)[C@H]4[C@@H]5CC[C@@H](C5)[C@@H]4C3=O)c2)cc1C. The number of ether oxygens (including phenoxy) is 1. The molecule has 2 bridgehead atoms. The number of carbonyl (C=O) groups is 3. The average molecular weight is 403 g/mol. The second-order valence-corrected chi connectivity index (χ2v) is 8.90. The Balaban J connectivity index is 1.31. The van der Waals surface area contributed by atoms with Crippen LogP contribution in [0.5, 0.6) is 5.75 Å². The Bertz CT molecular complexity index is 1030. The van der Waals surface area contributed by atoms with Crippen molar-refractivity contribution in [2.24, 2.45) is 23.7 Å². The van der Waals surface area contributed by atoms with E-state index in [4.69, 9.17) is 4.74 Å². The molecule has 0 aromatic heterocycles. The molecule has 2 aliphatic carbocycles. The number of hydrogen-bond acceptors (Lipinski definition) is 4. The number of carbonyl (C=O) groups excluding carboxylic acids is 3. The molecule has 2 aromatic rings. The van der Waals surface area contributed by atoms with Crippen LogP contribution in [-0.2, 0) is 9.59 Å². The number of Topliss-reactive ketones (excluding diaryl/α,β-unsaturated/α-hetero) is 1. The summed E-state index contributed by atoms with van der Waals surface area (Å²) in [7, 11) is 0. The molecule has 154 valence electrons. The first kappa shape index (κ1) is 19.0. The third-order valence-electron chi connectivity index (χ3n) is 7.20. The predicted molar refractivity (Wildman–Crippen MR) is 112 cm³/mol. The van der Waals surface area contributed by atoms with Gasteiger partial charge in [0.1, 0.15) is 5.75 Å². The molecule has 0 radical (unpaired) electrons. The minimum atomic E-state index is -0.146. The van der Waals surface area contributed by atoms with Gasteiger partial charge in [0.2, 0.25) is 11.8 Å². The fourth-order valence-electron chi connectivity index (χ4n) is 5.52. The van der Waals surface area contributed by atoms with E-state index in [0.717, 1.165) is 30.4 Å². The zero-order chi connectivity index (χ0) is 21.0. The summed E-state index contributed by atoms with van der Waals surface area (Å²) < 4.78 is 5.71. The lowest BCUT2D eigenvalue weighted by Gasteiger charge is -2.19. The van der Waals surface area contributed by atoms with Gasteiger partial charge in [0.15, 0.2) is 12.4 Å². The van der Waals surface area contributed by atoms with Crippen LogP contribution < -0.4 is 9.64 Å². The van der Waals surface area contributed by atoms with Gasteiger partial charge in [0.05, 0.1) is 17.5 Å². The van der Waals surface area contributed by atoms with Gasteiger partial charge in [-0.15, -0.1) is 0 Å². The number of imide groups is 1. The minimum Gasteiger partial charge on any atom is -0.485 e. The van der Waals surface area contributed by atoms with E-state index in [9.17, 15) is 14.4 Å². The maximum absolute atomic E-state index is 13.0. The molecule has 1 heterocycles. The molecule has 1 aliphatic heterocycles. The standard InChI is InChI=1S/C25H25NO4/c1-14-6-7-16(10-15(14)2)21(27)13-30-20-5-3-4-19(12-20)26-24(28)22-17-8-9-18(11-17)23(22)25(26)29/h3-7,10,12,17-18,22-23H,8-9,11,13H2,1-2H3/t17-,18+,22-,23-/m0/s1. The molecular formula is C25H25NO4. The van der Waals surface area contributed by atoms with E-state index in [2.05, 4.69) is 0 Å². The highest BCUT2D eigenvalue weighted by Gasteiger charge is 2.61. The van der Waals surface area contributed by atoms with Crippen LogP contribution in [0.2, 0.25) is 0 Å². The van der Waals surface area contributed by atoms with Crippen LogP contribution >= 0.6 is 0 Å². The number of hydrogen-bond donors (Lipinski definition) is 0. The Labute approximate surface area is 176 Å². The van der Waals surface area contributed by atoms with E-state index in [1.807, 2.05) is 26.0 Å². The second kappa shape index (κ2) is 7.08. The smallest absolute Gasteiger partial charge is 0.237 e. The summed E-state index contributed by atoms with van der Waals surface area (Å²) in [5.41, 5.74) is 3.35. The van der Waals surface area contributed by atoms with Crippen molar-refractivity contribution >= 4 is 23.3 Å². The molecule has 5 rings (SSSR count). The quantitative estimate of drug-likeness (QED) is 0.557. The highest BCUT2D eigenvalue weighted by molar-refractivity contribution is 6.22. The first-order chi connectivity index (χ1) is 14.4. The van der Waals surface area contributed by atoms with Crippen molar-refractivity contribution in [1.29, 1.82) is 0 Å². The summed E-state index contributed by atoms with van der Waals surface area (Å²) >= 11 is 0. The van der Waals surface area contributed by atoms with Gasteiger partial charge < -0.3 is 4.74 Å². The molecule has 2 amide bonds. The van der Waals surface area contributed by atoms with Crippen molar-refractivity contribution in [3.8, 4) is 5.75 Å². The monoisotopic (exact) mass is 403 g/mol. The molecule has 5 heteroatoms. The van der Waals surface area contributed by atoms with Crippen molar-refractivity contribution < 1.29 is 19.1 Å². The highest BCUT2D eigenvalue weighted by Crippen LogP contribution is 2.56. The summed E-state index contributed by atoms with van der Waals surface area (Å²) in [5.74, 6) is 0.654. The van der Waals surface area contributed by atoms with Crippen molar-refractivity contribution in [2.45, 2.75) is 33.1 Å². The number of nitrogens with zero attached hydrogens (tertiary/aromatic N) is 1. The first-order valence-corrected chi connectivity index (χ1v) is 10.6. The van der Waals surface area contributed by atoms with Crippen LogP contribution in [0.3, 0.4) is 0 Å². The van der Waals surface area contributed by atoms with Gasteiger partial charge in [-0.1, -0.05) is 18.2 Å². The molecule has 2 saturated carbocycles. The summed E-state index contributed by atoms with van der Waals surface area (Å²) in [5, 5.41) is 0. The van der Waals surface area contributed by atoms with Crippen LogP contribution in [0.4, 0.5) is 5.69 Å². The fraction of sp³-hybridized carbons (Fsp3) is 0.400. The fourth-order valence-corrected chi connectivity index (χ4v) is 5.52. The van der Waals surface area contributed by atoms with Gasteiger partial charge in [-0.2, -0.15) is 0 Å². The number of aryl methyl sites for hydroxylation is 2. The van der Waals surface area contributed by atoms with E-state index < -0.39 is 0 Å². The molecule has 3 fully saturated rings. The van der Waals surface area contributed by atoms with Crippen molar-refractivity contribution in [1.82, 2.24) is 0 Å². The average Bonchev–Trinajstić information content (AvgIpc) is 3.42. The number of fused-ring (bicyclic) bond motifs is 5. The van der Waals surface area contributed by atoms with Crippen LogP contribution in [0.15, 0.2) is 42.5 Å². The van der Waals surface area contributed by atoms with E-state index in [0.29, 0.717) is 28.8 Å². The Morgan fingerprint density at radius 2 is 1.67 bits per heavy atom. The number of amides is 2. The maximum Gasteiger partial charge on any atom is 0.237 e. The number of benzene rings is 2. The van der Waals surface area contributed by atoms with E-state index in [1.165, 1.54) is 4.90 Å². The lowest BCUT2D eigenvalue weighted by Crippen LogP contribution is -2.32. The number of ketones is 1. The van der Waals surface area contributed by atoms with E-state index in [1.54, 1.807) is 30.3 Å². The predicted octanol–water partition coefficient (Wildman–Crippen LogP) is 4.10. The molecule has 0 spiro atoms. The minimum absolute atomic E-state index is 0.0689. The van der Waals surface area contributed by atoms with Gasteiger partial charge in [-0.25, -0.2) is 4.90 Å². The van der Waals surface area contributed by atoms with Crippen molar-refractivity contribution in [2.75, 3.05) is 11.5 Å². The molecule has 30 heavy (non-hydrogen) atoms. The maximum atomic E-state index is 13.0. The van der Waals surface area contributed by atoms with Crippen LogP contribution in [0.25, 0.3) is 0 Å². The lowest BCUT2D eigenvalue weighted by atomic mass is 9.81. The molecule has 0 N–H and O–H groups in total. The summed E-state index contributed by atoms with van der Waals surface area (Å²) in [6.45, 7) is 3.89. The van der Waals surface area contributed by atoms with Gasteiger partial charge in [0.25, 0.3) is 0 Å². The molecule has 3 aliphatic rings. The Morgan fingerprint density at radius 3 is 2.33 bits per heavy atom. The zero-order valence-electron chi connectivity index (χ0n) is 17.3. The number of rotatable bonds is 5. The van der Waals surface area contributed by atoms with E-state index >= 15 is 0 Å². The van der Waals surface area contributed by atoms with E-state index in [-0.39, 0.29) is 36.0 Å². The molecule has 1 saturated heterocycles. The highest BCUT2D eigenvalue weighted by atomic mass is 16.5. The van der Waals surface area contributed by atoms with Crippen LogP contribution in [0.1, 0.15) is 40.7 Å². The molecule has 5 nitrogen and oxygen atoms in total. The summed E-state index contributed by atoms with van der Waals surface area (Å²) in [6.07, 6.45) is 3.13. The largest absolute Gasteiger partial charge is 0.485 e. The summed E-state index contributed by atoms with van der Waals surface area (Å²) in [6, 6.07) is 12.5. The van der Waals surface area contributed by atoms with Gasteiger partial charge in [-0.05, 0) is 74.3 Å². The lowest BCUT2D eigenvalue weighted by molar-refractivity contribution is -0.123. The second-order valence-electron chi connectivity index (χ2n) is 8.90. The van der Waals surface area contributed by atoms with Crippen molar-refractivity contribution in [3.05, 3.63) is 59.2 Å². The van der Waals surface area contributed by atoms with Gasteiger partial charge in [0, 0.05) is 11.6 Å². The van der Waals surface area contributed by atoms with Gasteiger partial charge in [-0.3, -0.25) is 14.4 Å². The normalized spacial score (nSPS) is 26.9. The molecule has 2 aromatic carbocycles. The Hall–Kier alpha value is -2.95. The van der Waals surface area contributed by atoms with Crippen LogP contribution in [-0.4, -0.2) is 24.2 Å². The third kappa shape index (κ3) is 2.95.